The summed E-state index contributed by atoms with van der Waals surface area (Å²) < 4.78 is 15.5. The molecule has 2 amide bonds. The molecule has 1 aliphatic heterocycles. The molecular weight excluding hydrogens is 525 g/mol. The van der Waals surface area contributed by atoms with Gasteiger partial charge in [0.15, 0.2) is 11.0 Å². The number of aromatic nitrogens is 3. The zero-order chi connectivity index (χ0) is 28.3. The topological polar surface area (TPSA) is 80.1 Å². The number of rotatable bonds is 7. The van der Waals surface area contributed by atoms with Crippen molar-refractivity contribution in [2.45, 2.75) is 50.7 Å². The summed E-state index contributed by atoms with van der Waals surface area (Å²) in [7, 11) is 0. The van der Waals surface area contributed by atoms with E-state index in [0.717, 1.165) is 24.1 Å². The number of fused-ring (bicyclic) bond motifs is 1. The van der Waals surface area contributed by atoms with Gasteiger partial charge in [0, 0.05) is 23.5 Å². The Balaban J connectivity index is 1.33. The van der Waals surface area contributed by atoms with Gasteiger partial charge in [0.2, 0.25) is 5.91 Å². The van der Waals surface area contributed by atoms with E-state index in [4.69, 9.17) is 0 Å². The van der Waals surface area contributed by atoms with E-state index in [2.05, 4.69) is 42.4 Å². The second kappa shape index (κ2) is 11.6. The second-order valence-electron chi connectivity index (χ2n) is 10.8. The Hall–Kier alpha value is -3.98. The number of anilines is 1. The quantitative estimate of drug-likeness (QED) is 0.295. The van der Waals surface area contributed by atoms with E-state index >= 15 is 0 Å². The maximum absolute atomic E-state index is 13.7. The van der Waals surface area contributed by atoms with Crippen LogP contribution in [0.4, 0.5) is 10.1 Å². The van der Waals surface area contributed by atoms with E-state index in [1.54, 1.807) is 16.7 Å². The van der Waals surface area contributed by atoms with Crippen LogP contribution in [-0.4, -0.2) is 38.9 Å². The fourth-order valence-corrected chi connectivity index (χ4v) is 5.58. The molecule has 4 aromatic rings. The van der Waals surface area contributed by atoms with Gasteiger partial charge in [-0.2, -0.15) is 0 Å². The van der Waals surface area contributed by atoms with E-state index in [9.17, 15) is 14.0 Å². The third kappa shape index (κ3) is 6.09. The first-order chi connectivity index (χ1) is 19.2. The van der Waals surface area contributed by atoms with Crippen LogP contribution in [0.15, 0.2) is 78.0 Å². The summed E-state index contributed by atoms with van der Waals surface area (Å²) in [5.41, 5.74) is 4.45. The summed E-state index contributed by atoms with van der Waals surface area (Å²) in [4.78, 5) is 28.0. The van der Waals surface area contributed by atoms with Crippen LogP contribution in [0.1, 0.15) is 54.5 Å². The Morgan fingerprint density at radius 3 is 2.42 bits per heavy atom. The van der Waals surface area contributed by atoms with Gasteiger partial charge in [0.1, 0.15) is 5.82 Å². The Morgan fingerprint density at radius 2 is 1.70 bits per heavy atom. The number of nitrogens with one attached hydrogen (secondary N) is 1. The predicted octanol–water partition coefficient (Wildman–Crippen LogP) is 5.71. The SMILES string of the molecule is CC(C)(C)c1ccc(C(=O)NCc2nnc(SCC(=O)N3CCCc4ccccc43)n2-c2ccc(F)cc2)cc1. The lowest BCUT2D eigenvalue weighted by molar-refractivity contribution is -0.116. The summed E-state index contributed by atoms with van der Waals surface area (Å²) in [6.07, 6.45) is 1.88. The van der Waals surface area contributed by atoms with Crippen molar-refractivity contribution in [1.29, 1.82) is 0 Å². The highest BCUT2D eigenvalue weighted by atomic mass is 32.2. The number of hydrogen-bond donors (Lipinski definition) is 1. The molecular formula is C31H32FN5O2S. The Labute approximate surface area is 237 Å². The highest BCUT2D eigenvalue weighted by molar-refractivity contribution is 7.99. The van der Waals surface area contributed by atoms with Crippen LogP contribution in [0.2, 0.25) is 0 Å². The number of amides is 2. The summed E-state index contributed by atoms with van der Waals surface area (Å²) in [6.45, 7) is 7.16. The Morgan fingerprint density at radius 1 is 0.975 bits per heavy atom. The molecule has 0 spiro atoms. The lowest BCUT2D eigenvalue weighted by Gasteiger charge is -2.29. The Bertz CT molecular complexity index is 1510. The van der Waals surface area contributed by atoms with Gasteiger partial charge < -0.3 is 10.2 Å². The van der Waals surface area contributed by atoms with Gasteiger partial charge in [0.25, 0.3) is 5.91 Å². The number of para-hydroxylation sites is 1. The van der Waals surface area contributed by atoms with E-state index in [0.29, 0.717) is 28.8 Å². The van der Waals surface area contributed by atoms with E-state index in [1.807, 2.05) is 47.4 Å². The number of hydrogen-bond acceptors (Lipinski definition) is 5. The molecule has 0 saturated heterocycles. The molecule has 0 aliphatic carbocycles. The smallest absolute Gasteiger partial charge is 0.251 e. The fraction of sp³-hybridized carbons (Fsp3) is 0.290. The number of benzene rings is 3. The maximum atomic E-state index is 13.7. The Kier molecular flexibility index (Phi) is 8.02. The molecule has 0 unspecified atom stereocenters. The molecule has 206 valence electrons. The molecule has 40 heavy (non-hydrogen) atoms. The van der Waals surface area contributed by atoms with Crippen LogP contribution in [0.25, 0.3) is 5.69 Å². The minimum Gasteiger partial charge on any atom is -0.345 e. The number of carbonyl (C=O) groups is 2. The van der Waals surface area contributed by atoms with Crippen molar-refractivity contribution >= 4 is 29.3 Å². The zero-order valence-corrected chi connectivity index (χ0v) is 23.7. The van der Waals surface area contributed by atoms with Gasteiger partial charge in [-0.25, -0.2) is 4.39 Å². The van der Waals surface area contributed by atoms with E-state index in [1.165, 1.54) is 29.5 Å². The lowest BCUT2D eigenvalue weighted by atomic mass is 9.87. The van der Waals surface area contributed by atoms with Crippen molar-refractivity contribution in [3.8, 4) is 5.69 Å². The molecule has 2 heterocycles. The third-order valence-electron chi connectivity index (χ3n) is 6.94. The second-order valence-corrected chi connectivity index (χ2v) is 11.7. The molecule has 0 radical (unpaired) electrons. The fourth-order valence-electron chi connectivity index (χ4n) is 4.74. The standard InChI is InChI=1S/C31H32FN5O2S/c1-31(2,3)23-12-10-22(11-13-23)29(39)33-19-27-34-35-30(37(27)25-16-14-24(32)15-17-25)40-20-28(38)36-18-6-8-21-7-4-5-9-26(21)36/h4-5,7,9-17H,6,8,18-20H2,1-3H3,(H,33,39). The summed E-state index contributed by atoms with van der Waals surface area (Å²) in [5.74, 6) is 0.0323. The molecule has 0 fully saturated rings. The van der Waals surface area contributed by atoms with Gasteiger partial charge in [-0.3, -0.25) is 14.2 Å². The van der Waals surface area contributed by atoms with Crippen LogP contribution in [-0.2, 0) is 23.2 Å². The maximum Gasteiger partial charge on any atom is 0.251 e. The van der Waals surface area contributed by atoms with Crippen LogP contribution < -0.4 is 10.2 Å². The first-order valence-electron chi connectivity index (χ1n) is 13.3. The van der Waals surface area contributed by atoms with Crippen LogP contribution >= 0.6 is 11.8 Å². The summed E-state index contributed by atoms with van der Waals surface area (Å²) in [5, 5.41) is 12.0. The molecule has 3 aromatic carbocycles. The van der Waals surface area contributed by atoms with Crippen LogP contribution in [0.3, 0.4) is 0 Å². The van der Waals surface area contributed by atoms with Crippen molar-refractivity contribution in [2.75, 3.05) is 17.2 Å². The molecule has 5 rings (SSSR count). The van der Waals surface area contributed by atoms with Gasteiger partial charge in [-0.15, -0.1) is 10.2 Å². The van der Waals surface area contributed by atoms with Crippen molar-refractivity contribution in [3.05, 3.63) is 101 Å². The molecule has 9 heteroatoms. The number of aryl methyl sites for hydroxylation is 1. The van der Waals surface area contributed by atoms with Gasteiger partial charge in [0.05, 0.1) is 12.3 Å². The molecule has 7 nitrogen and oxygen atoms in total. The van der Waals surface area contributed by atoms with Crippen molar-refractivity contribution < 1.29 is 14.0 Å². The van der Waals surface area contributed by atoms with Gasteiger partial charge >= 0.3 is 0 Å². The monoisotopic (exact) mass is 557 g/mol. The number of halogens is 1. The minimum absolute atomic E-state index is 0.00653. The lowest BCUT2D eigenvalue weighted by Crippen LogP contribution is -2.36. The highest BCUT2D eigenvalue weighted by Gasteiger charge is 2.24. The minimum atomic E-state index is -0.362. The van der Waals surface area contributed by atoms with Gasteiger partial charge in [-0.05, 0) is 71.8 Å². The average molecular weight is 558 g/mol. The largest absolute Gasteiger partial charge is 0.345 e. The number of thioether (sulfide) groups is 1. The first-order valence-corrected chi connectivity index (χ1v) is 14.3. The highest BCUT2D eigenvalue weighted by Crippen LogP contribution is 2.29. The third-order valence-corrected chi connectivity index (χ3v) is 7.86. The molecule has 1 N–H and O–H groups in total. The van der Waals surface area contributed by atoms with E-state index in [-0.39, 0.29) is 35.3 Å². The summed E-state index contributed by atoms with van der Waals surface area (Å²) in [6, 6.07) is 21.5. The molecule has 1 aromatic heterocycles. The average Bonchev–Trinajstić information content (AvgIpc) is 3.37. The predicted molar refractivity (Wildman–Crippen MR) is 155 cm³/mol. The van der Waals surface area contributed by atoms with Gasteiger partial charge in [-0.1, -0.05) is 62.9 Å². The molecule has 1 aliphatic rings. The van der Waals surface area contributed by atoms with Crippen molar-refractivity contribution in [3.63, 3.8) is 0 Å². The molecule has 0 bridgehead atoms. The molecule has 0 atom stereocenters. The normalized spacial score (nSPS) is 13.2. The number of carbonyl (C=O) groups excluding carboxylic acids is 2. The molecule has 0 saturated carbocycles. The first kappa shape index (κ1) is 27.6. The van der Waals surface area contributed by atoms with Crippen LogP contribution in [0, 0.1) is 5.82 Å². The number of nitrogens with zero attached hydrogens (tertiary/aromatic N) is 4. The zero-order valence-electron chi connectivity index (χ0n) is 22.9. The van der Waals surface area contributed by atoms with Crippen LogP contribution in [0.5, 0.6) is 0 Å². The van der Waals surface area contributed by atoms with Crippen molar-refractivity contribution in [1.82, 2.24) is 20.1 Å². The summed E-state index contributed by atoms with van der Waals surface area (Å²) >= 11 is 1.27. The van der Waals surface area contributed by atoms with Crippen molar-refractivity contribution in [2.24, 2.45) is 0 Å². The van der Waals surface area contributed by atoms with E-state index < -0.39 is 0 Å².